The van der Waals surface area contributed by atoms with Crippen LogP contribution in [0.2, 0.25) is 0 Å². The topological polar surface area (TPSA) is 82.6 Å². The molecule has 1 atom stereocenters. The number of benzene rings is 1. The van der Waals surface area contributed by atoms with Crippen LogP contribution in [-0.4, -0.2) is 119 Å². The van der Waals surface area contributed by atoms with E-state index in [-0.39, 0.29) is 25.2 Å². The molecule has 0 aliphatic carbocycles. The highest BCUT2D eigenvalue weighted by Crippen LogP contribution is 2.30. The van der Waals surface area contributed by atoms with Crippen molar-refractivity contribution < 1.29 is 22.7 Å². The molecule has 0 N–H and O–H groups in total. The van der Waals surface area contributed by atoms with Gasteiger partial charge in [-0.1, -0.05) is 13.3 Å². The average molecular weight is 511 g/mol. The zero-order valence-corrected chi connectivity index (χ0v) is 22.8. The summed E-state index contributed by atoms with van der Waals surface area (Å²) in [6, 6.07) is 3.14. The monoisotopic (exact) mass is 510 g/mol. The van der Waals surface area contributed by atoms with Gasteiger partial charge in [0, 0.05) is 45.8 Å². The Morgan fingerprint density at radius 3 is 2.31 bits per heavy atom. The fourth-order valence-corrected chi connectivity index (χ4v) is 6.98. The maximum Gasteiger partial charge on any atom is 0.248 e. The lowest BCUT2D eigenvalue weighted by atomic mass is 10.1. The third kappa shape index (κ3) is 6.95. The molecular weight excluding hydrogens is 468 g/mol. The first kappa shape index (κ1) is 27.9. The fourth-order valence-electron chi connectivity index (χ4n) is 4.97. The molecule has 2 heterocycles. The Morgan fingerprint density at radius 1 is 1.06 bits per heavy atom. The number of aryl methyl sites for hydroxylation is 2. The van der Waals surface area contributed by atoms with Crippen LogP contribution in [0.3, 0.4) is 0 Å². The molecular formula is C25H42N4O5S. The first-order chi connectivity index (χ1) is 16.7. The minimum absolute atomic E-state index is 0.0242. The van der Waals surface area contributed by atoms with Gasteiger partial charge in [0.25, 0.3) is 0 Å². The summed E-state index contributed by atoms with van der Waals surface area (Å²) in [6.45, 7) is 11.8. The number of hydrogen-bond donors (Lipinski definition) is 0. The Bertz CT molecular complexity index is 940. The van der Waals surface area contributed by atoms with Crippen molar-refractivity contribution in [2.24, 2.45) is 0 Å². The first-order valence-corrected chi connectivity index (χ1v) is 14.0. The molecule has 0 saturated carbocycles. The molecule has 2 saturated heterocycles. The summed E-state index contributed by atoms with van der Waals surface area (Å²) in [5.41, 5.74) is 1.32. The summed E-state index contributed by atoms with van der Waals surface area (Å²) < 4.78 is 40.1. The first-order valence-electron chi connectivity index (χ1n) is 12.6. The van der Waals surface area contributed by atoms with Crippen LogP contribution in [0.15, 0.2) is 17.0 Å². The van der Waals surface area contributed by atoms with E-state index in [0.29, 0.717) is 54.5 Å². The molecule has 1 amide bonds. The van der Waals surface area contributed by atoms with Crippen LogP contribution in [-0.2, 0) is 19.6 Å². The number of amides is 1. The largest absolute Gasteiger partial charge is 0.497 e. The van der Waals surface area contributed by atoms with Crippen LogP contribution in [0.1, 0.15) is 30.9 Å². The molecule has 10 heteroatoms. The molecule has 1 aromatic carbocycles. The lowest BCUT2D eigenvalue weighted by Crippen LogP contribution is -2.56. The Labute approximate surface area is 211 Å². The minimum Gasteiger partial charge on any atom is -0.497 e. The van der Waals surface area contributed by atoms with E-state index < -0.39 is 10.0 Å². The third-order valence-corrected chi connectivity index (χ3v) is 9.21. The summed E-state index contributed by atoms with van der Waals surface area (Å²) in [5.74, 6) is 0.613. The van der Waals surface area contributed by atoms with Gasteiger partial charge in [0.2, 0.25) is 15.9 Å². The van der Waals surface area contributed by atoms with E-state index in [9.17, 15) is 13.2 Å². The van der Waals surface area contributed by atoms with Crippen LogP contribution in [0, 0.1) is 13.8 Å². The molecule has 0 bridgehead atoms. The number of rotatable bonds is 10. The maximum absolute atomic E-state index is 13.7. The fraction of sp³-hybridized carbons (Fsp3) is 0.720. The van der Waals surface area contributed by atoms with Gasteiger partial charge in [-0.25, -0.2) is 8.42 Å². The van der Waals surface area contributed by atoms with E-state index in [0.717, 1.165) is 19.6 Å². The maximum atomic E-state index is 13.7. The average Bonchev–Trinajstić information content (AvgIpc) is 2.82. The number of ether oxygens (including phenoxy) is 2. The van der Waals surface area contributed by atoms with Crippen molar-refractivity contribution in [3.05, 3.63) is 23.3 Å². The van der Waals surface area contributed by atoms with Crippen molar-refractivity contribution in [3.8, 4) is 5.75 Å². The van der Waals surface area contributed by atoms with Crippen molar-refractivity contribution in [2.45, 2.75) is 44.6 Å². The lowest BCUT2D eigenvalue weighted by molar-refractivity contribution is -0.138. The quantitative estimate of drug-likeness (QED) is 0.473. The molecule has 2 aliphatic heterocycles. The number of carbonyl (C=O) groups is 1. The molecule has 3 rings (SSSR count). The number of unbranched alkanes of at least 4 members (excludes halogenated alkanes) is 1. The van der Waals surface area contributed by atoms with Crippen molar-refractivity contribution in [3.63, 3.8) is 0 Å². The predicted molar refractivity (Wildman–Crippen MR) is 136 cm³/mol. The highest BCUT2D eigenvalue weighted by atomic mass is 32.2. The Morgan fingerprint density at radius 2 is 1.71 bits per heavy atom. The molecule has 0 spiro atoms. The number of methoxy groups -OCH3 is 1. The second-order valence-corrected chi connectivity index (χ2v) is 11.5. The Hall–Kier alpha value is -1.72. The number of sulfonamides is 1. The van der Waals surface area contributed by atoms with Crippen LogP contribution in [0.25, 0.3) is 0 Å². The highest BCUT2D eigenvalue weighted by Gasteiger charge is 2.37. The number of carbonyl (C=O) groups excluding carboxylic acids is 1. The van der Waals surface area contributed by atoms with Crippen molar-refractivity contribution >= 4 is 15.9 Å². The SMILES string of the molecule is CCCCN1CCN(C(=O)COCC2CN(C)CCN2S(=O)(=O)c2c(C)cc(OC)cc2C)CC1. The van der Waals surface area contributed by atoms with Crippen LogP contribution in [0.4, 0.5) is 0 Å². The van der Waals surface area contributed by atoms with E-state index in [4.69, 9.17) is 9.47 Å². The van der Waals surface area contributed by atoms with Gasteiger partial charge in [-0.3, -0.25) is 9.69 Å². The van der Waals surface area contributed by atoms with Crippen LogP contribution >= 0.6 is 0 Å². The third-order valence-electron chi connectivity index (χ3n) is 6.96. The van der Waals surface area contributed by atoms with Gasteiger partial charge < -0.3 is 19.3 Å². The second-order valence-electron chi connectivity index (χ2n) is 9.71. The molecule has 1 aromatic rings. The molecule has 0 radical (unpaired) electrons. The van der Waals surface area contributed by atoms with Crippen LogP contribution < -0.4 is 4.74 Å². The number of nitrogens with zero attached hydrogens (tertiary/aromatic N) is 4. The van der Waals surface area contributed by atoms with Gasteiger partial charge in [-0.2, -0.15) is 4.31 Å². The van der Waals surface area contributed by atoms with Crippen molar-refractivity contribution in [1.82, 2.24) is 19.0 Å². The number of hydrogen-bond acceptors (Lipinski definition) is 7. The highest BCUT2D eigenvalue weighted by molar-refractivity contribution is 7.89. The summed E-state index contributed by atoms with van der Waals surface area (Å²) in [4.78, 5) is 19.4. The van der Waals surface area contributed by atoms with Gasteiger partial charge in [0.1, 0.15) is 12.4 Å². The molecule has 198 valence electrons. The molecule has 35 heavy (non-hydrogen) atoms. The van der Waals surface area contributed by atoms with Gasteiger partial charge in [-0.15, -0.1) is 0 Å². The zero-order valence-electron chi connectivity index (χ0n) is 22.0. The molecule has 9 nitrogen and oxygen atoms in total. The van der Waals surface area contributed by atoms with Crippen molar-refractivity contribution in [1.29, 1.82) is 0 Å². The summed E-state index contributed by atoms with van der Waals surface area (Å²) in [5, 5.41) is 0. The van der Waals surface area contributed by atoms with Gasteiger partial charge in [-0.05, 0) is 57.1 Å². The van der Waals surface area contributed by atoms with E-state index >= 15 is 0 Å². The Balaban J connectivity index is 1.62. The Kier molecular flexibility index (Phi) is 9.94. The second kappa shape index (κ2) is 12.5. The molecule has 0 aromatic heterocycles. The summed E-state index contributed by atoms with van der Waals surface area (Å²) >= 11 is 0. The van der Waals surface area contributed by atoms with Crippen molar-refractivity contribution in [2.75, 3.05) is 79.7 Å². The minimum atomic E-state index is -3.74. The predicted octanol–water partition coefficient (Wildman–Crippen LogP) is 1.58. The van der Waals surface area contributed by atoms with E-state index in [1.165, 1.54) is 12.8 Å². The normalized spacial score (nSPS) is 20.8. The molecule has 2 fully saturated rings. The van der Waals surface area contributed by atoms with E-state index in [2.05, 4.69) is 16.7 Å². The van der Waals surface area contributed by atoms with E-state index in [1.54, 1.807) is 37.4 Å². The molecule has 1 unspecified atom stereocenters. The number of likely N-dealkylation sites (N-methyl/N-ethyl adjacent to an activating group) is 1. The van der Waals surface area contributed by atoms with Gasteiger partial charge in [0.05, 0.1) is 24.7 Å². The van der Waals surface area contributed by atoms with Crippen LogP contribution in [0.5, 0.6) is 5.75 Å². The van der Waals surface area contributed by atoms with Gasteiger partial charge in [0.15, 0.2) is 0 Å². The lowest BCUT2D eigenvalue weighted by Gasteiger charge is -2.39. The number of piperazine rings is 2. The molecule has 2 aliphatic rings. The smallest absolute Gasteiger partial charge is 0.248 e. The zero-order chi connectivity index (χ0) is 25.6. The standard InChI is InChI=1S/C25H42N4O5S/c1-6-7-8-27-10-12-28(13-11-27)24(30)19-34-18-22-17-26(4)9-14-29(22)35(31,32)25-20(2)15-23(33-5)16-21(25)3/h15-16,22H,6-14,17-19H2,1-5H3. The summed E-state index contributed by atoms with van der Waals surface area (Å²) in [6.07, 6.45) is 2.36. The van der Waals surface area contributed by atoms with E-state index in [1.807, 2.05) is 11.9 Å². The summed E-state index contributed by atoms with van der Waals surface area (Å²) in [7, 11) is -0.186. The van der Waals surface area contributed by atoms with Gasteiger partial charge >= 0.3 is 0 Å².